The number of methoxy groups -OCH3 is 1. The van der Waals surface area contributed by atoms with Crippen LogP contribution < -0.4 is 0 Å². The second-order valence-electron chi connectivity index (χ2n) is 7.75. The van der Waals surface area contributed by atoms with Crippen LogP contribution in [-0.4, -0.2) is 24.8 Å². The van der Waals surface area contributed by atoms with Crippen LogP contribution in [0.2, 0.25) is 0 Å². The molecular weight excluding hydrogens is 338 g/mol. The van der Waals surface area contributed by atoms with Crippen LogP contribution in [0.3, 0.4) is 0 Å². The summed E-state index contributed by atoms with van der Waals surface area (Å²) in [4.78, 5) is 22.9. The molecule has 0 amide bonds. The normalized spacial score (nSPS) is 20.3. The Balaban J connectivity index is 2.22. The fourth-order valence-corrected chi connectivity index (χ4v) is 4.04. The maximum Gasteiger partial charge on any atom is 0.305 e. The summed E-state index contributed by atoms with van der Waals surface area (Å²) in [5, 5.41) is 0. The van der Waals surface area contributed by atoms with Crippen molar-refractivity contribution >= 4 is 11.8 Å². The van der Waals surface area contributed by atoms with E-state index in [4.69, 9.17) is 0 Å². The molecule has 0 aliphatic heterocycles. The number of Topliss-reactive ketones (excluding diaryl/α,β-unsaturated/α-hetero) is 1. The topological polar surface area (TPSA) is 43.4 Å². The zero-order valence-corrected chi connectivity index (χ0v) is 16.5. The van der Waals surface area contributed by atoms with Crippen molar-refractivity contribution in [2.75, 3.05) is 7.11 Å². The molecule has 0 heterocycles. The average molecular weight is 375 g/mol. The quantitative estimate of drug-likeness (QED) is 0.273. The minimum Gasteiger partial charge on any atom is -0.469 e. The number of halogens is 2. The third-order valence-corrected chi connectivity index (χ3v) is 5.74. The van der Waals surface area contributed by atoms with Crippen LogP contribution in [0, 0.1) is 11.8 Å². The molecule has 1 rings (SSSR count). The molecule has 1 saturated carbocycles. The van der Waals surface area contributed by atoms with Gasteiger partial charge in [0.2, 0.25) is 5.78 Å². The van der Waals surface area contributed by atoms with Gasteiger partial charge in [-0.1, -0.05) is 58.3 Å². The minimum absolute atomic E-state index is 0.0248. The van der Waals surface area contributed by atoms with Gasteiger partial charge in [-0.3, -0.25) is 9.59 Å². The summed E-state index contributed by atoms with van der Waals surface area (Å²) in [6.07, 6.45) is 10.5. The summed E-state index contributed by atoms with van der Waals surface area (Å²) in [6, 6.07) is 0. The molecule has 1 fully saturated rings. The summed E-state index contributed by atoms with van der Waals surface area (Å²) < 4.78 is 32.2. The molecule has 0 saturated heterocycles. The number of carbonyl (C=O) groups is 2. The van der Waals surface area contributed by atoms with Crippen molar-refractivity contribution in [1.29, 1.82) is 0 Å². The molecule has 152 valence electrons. The first kappa shape index (κ1) is 23.0. The predicted octanol–water partition coefficient (Wildman–Crippen LogP) is 6.09. The van der Waals surface area contributed by atoms with Gasteiger partial charge in [0.15, 0.2) is 0 Å². The van der Waals surface area contributed by atoms with Gasteiger partial charge in [0, 0.05) is 19.3 Å². The van der Waals surface area contributed by atoms with Crippen molar-refractivity contribution in [2.24, 2.45) is 11.8 Å². The van der Waals surface area contributed by atoms with E-state index < -0.39 is 11.7 Å². The number of carbonyl (C=O) groups excluding carboxylic acids is 2. The molecule has 2 atom stereocenters. The van der Waals surface area contributed by atoms with Gasteiger partial charge in [-0.05, 0) is 31.1 Å². The van der Waals surface area contributed by atoms with Crippen molar-refractivity contribution in [3.8, 4) is 0 Å². The van der Waals surface area contributed by atoms with E-state index in [-0.39, 0.29) is 18.8 Å². The first-order chi connectivity index (χ1) is 12.4. The lowest BCUT2D eigenvalue weighted by atomic mass is 9.86. The lowest BCUT2D eigenvalue weighted by Gasteiger charge is -2.21. The van der Waals surface area contributed by atoms with Crippen LogP contribution in [-0.2, 0) is 14.3 Å². The van der Waals surface area contributed by atoms with E-state index in [1.165, 1.54) is 7.11 Å². The van der Waals surface area contributed by atoms with Gasteiger partial charge in [0.25, 0.3) is 0 Å². The molecule has 0 aromatic carbocycles. The molecule has 0 spiro atoms. The van der Waals surface area contributed by atoms with Gasteiger partial charge < -0.3 is 4.74 Å². The molecule has 0 radical (unpaired) electrons. The fraction of sp³-hybridized carbons (Fsp3) is 0.905. The Morgan fingerprint density at radius 1 is 0.962 bits per heavy atom. The number of ether oxygens (including phenoxy) is 1. The number of hydrogen-bond donors (Lipinski definition) is 0. The molecule has 3 nitrogen and oxygen atoms in total. The standard InChI is InChI=1S/C21H36F2O3/c1-3-4-16-21(22,23)19(24)15-14-18-12-9-11-17(18)10-7-5-6-8-13-20(25)26-2/h17-18H,3-16H2,1-2H3/t17-,18+/m0/s1. The highest BCUT2D eigenvalue weighted by molar-refractivity contribution is 5.85. The van der Waals surface area contributed by atoms with Gasteiger partial charge in [-0.25, -0.2) is 0 Å². The first-order valence-electron chi connectivity index (χ1n) is 10.4. The van der Waals surface area contributed by atoms with E-state index >= 15 is 0 Å². The van der Waals surface area contributed by atoms with Gasteiger partial charge in [0.05, 0.1) is 7.11 Å². The van der Waals surface area contributed by atoms with Crippen LogP contribution in [0.5, 0.6) is 0 Å². The van der Waals surface area contributed by atoms with E-state index in [0.29, 0.717) is 37.5 Å². The van der Waals surface area contributed by atoms with Gasteiger partial charge in [-0.2, -0.15) is 8.78 Å². The lowest BCUT2D eigenvalue weighted by molar-refractivity contribution is -0.144. The maximum atomic E-state index is 13.8. The van der Waals surface area contributed by atoms with Crippen molar-refractivity contribution in [1.82, 2.24) is 0 Å². The number of rotatable bonds is 14. The zero-order chi connectivity index (χ0) is 19.4. The molecule has 1 aliphatic carbocycles. The van der Waals surface area contributed by atoms with Gasteiger partial charge in [-0.15, -0.1) is 0 Å². The third-order valence-electron chi connectivity index (χ3n) is 5.74. The number of hydrogen-bond acceptors (Lipinski definition) is 3. The highest BCUT2D eigenvalue weighted by Crippen LogP contribution is 2.39. The summed E-state index contributed by atoms with van der Waals surface area (Å²) in [5.74, 6) is -3.15. The van der Waals surface area contributed by atoms with Gasteiger partial charge in [0.1, 0.15) is 0 Å². The summed E-state index contributed by atoms with van der Waals surface area (Å²) in [7, 11) is 1.41. The Morgan fingerprint density at radius 3 is 2.27 bits per heavy atom. The van der Waals surface area contributed by atoms with Crippen LogP contribution in [0.4, 0.5) is 8.78 Å². The molecular formula is C21H36F2O3. The van der Waals surface area contributed by atoms with Crippen molar-refractivity contribution in [3.05, 3.63) is 0 Å². The summed E-state index contributed by atoms with van der Waals surface area (Å²) >= 11 is 0. The fourth-order valence-electron chi connectivity index (χ4n) is 4.04. The maximum absolute atomic E-state index is 13.8. The molecule has 0 aromatic rings. The Kier molecular flexibility index (Phi) is 11.0. The van der Waals surface area contributed by atoms with E-state index in [1.54, 1.807) is 0 Å². The van der Waals surface area contributed by atoms with Crippen LogP contribution in [0.15, 0.2) is 0 Å². The molecule has 0 unspecified atom stereocenters. The second kappa shape index (κ2) is 12.4. The van der Waals surface area contributed by atoms with Crippen molar-refractivity contribution < 1.29 is 23.1 Å². The van der Waals surface area contributed by atoms with E-state index in [9.17, 15) is 18.4 Å². The third kappa shape index (κ3) is 8.59. The SMILES string of the molecule is CCCCC(F)(F)C(=O)CC[C@H]1CCC[C@@H]1CCCCCCC(=O)OC. The van der Waals surface area contributed by atoms with E-state index in [1.807, 2.05) is 6.92 Å². The Morgan fingerprint density at radius 2 is 1.62 bits per heavy atom. The lowest BCUT2D eigenvalue weighted by Crippen LogP contribution is -2.29. The highest BCUT2D eigenvalue weighted by atomic mass is 19.3. The second-order valence-corrected chi connectivity index (χ2v) is 7.75. The smallest absolute Gasteiger partial charge is 0.305 e. The van der Waals surface area contributed by atoms with Crippen molar-refractivity contribution in [3.63, 3.8) is 0 Å². The molecule has 26 heavy (non-hydrogen) atoms. The highest BCUT2D eigenvalue weighted by Gasteiger charge is 2.38. The van der Waals surface area contributed by atoms with Crippen LogP contribution >= 0.6 is 0 Å². The minimum atomic E-state index is -3.14. The molecule has 0 aromatic heterocycles. The summed E-state index contributed by atoms with van der Waals surface area (Å²) in [6.45, 7) is 1.86. The monoisotopic (exact) mass is 374 g/mol. The average Bonchev–Trinajstić information content (AvgIpc) is 3.07. The van der Waals surface area contributed by atoms with Crippen LogP contribution in [0.25, 0.3) is 0 Å². The van der Waals surface area contributed by atoms with Crippen LogP contribution in [0.1, 0.15) is 96.8 Å². The van der Waals surface area contributed by atoms with Crippen molar-refractivity contribution in [2.45, 2.75) is 103 Å². The molecule has 0 N–H and O–H groups in total. The molecule has 0 bridgehead atoms. The predicted molar refractivity (Wildman–Crippen MR) is 99.3 cm³/mol. The molecule has 1 aliphatic rings. The zero-order valence-electron chi connectivity index (χ0n) is 16.5. The molecule has 5 heteroatoms. The number of alkyl halides is 2. The van der Waals surface area contributed by atoms with E-state index in [0.717, 1.165) is 51.4 Å². The van der Waals surface area contributed by atoms with Gasteiger partial charge >= 0.3 is 11.9 Å². The Hall–Kier alpha value is -1.00. The largest absolute Gasteiger partial charge is 0.469 e. The Bertz CT molecular complexity index is 423. The number of unbranched alkanes of at least 4 members (excludes halogenated alkanes) is 4. The van der Waals surface area contributed by atoms with E-state index in [2.05, 4.69) is 4.74 Å². The number of esters is 1. The first-order valence-corrected chi connectivity index (χ1v) is 10.4. The number of ketones is 1. The summed E-state index contributed by atoms with van der Waals surface area (Å²) in [5.41, 5.74) is 0. The Labute approximate surface area is 157 Å².